The van der Waals surface area contributed by atoms with Gasteiger partial charge in [0.05, 0.1) is 6.04 Å². The second-order valence-electron chi connectivity index (χ2n) is 7.97. The minimum Gasteiger partial charge on any atom is -0.465 e. The predicted molar refractivity (Wildman–Crippen MR) is 125 cm³/mol. The number of nitrogens with two attached hydrogens (primary N) is 2. The van der Waals surface area contributed by atoms with Crippen molar-refractivity contribution in [3.05, 3.63) is 65.2 Å². The van der Waals surface area contributed by atoms with Crippen LogP contribution in [0.2, 0.25) is 0 Å². The third-order valence-electron chi connectivity index (χ3n) is 5.86. The number of nitrogens with one attached hydrogen (secondary N) is 1. The first-order chi connectivity index (χ1) is 16.3. The lowest BCUT2D eigenvalue weighted by atomic mass is 10.1. The number of pyridine rings is 1. The van der Waals surface area contributed by atoms with Crippen molar-refractivity contribution in [3.63, 3.8) is 0 Å². The number of amides is 3. The molecule has 6 N–H and O–H groups in total. The van der Waals surface area contributed by atoms with Crippen molar-refractivity contribution >= 4 is 23.7 Å². The van der Waals surface area contributed by atoms with Gasteiger partial charge in [-0.05, 0) is 49.1 Å². The Balaban J connectivity index is 1.62. The molecule has 1 fully saturated rings. The molecule has 0 aliphatic carbocycles. The van der Waals surface area contributed by atoms with Gasteiger partial charge in [0.1, 0.15) is 11.5 Å². The Morgan fingerprint density at radius 3 is 2.59 bits per heavy atom. The number of likely N-dealkylation sites (tertiary alicyclic amines) is 1. The lowest BCUT2D eigenvalue weighted by Gasteiger charge is -2.20. The number of carbonyl (C=O) groups excluding carboxylic acids is 2. The molecule has 0 saturated carbocycles. The molecule has 176 valence electrons. The highest BCUT2D eigenvalue weighted by Crippen LogP contribution is 2.34. The highest BCUT2D eigenvalue weighted by molar-refractivity contribution is 6.04. The molecule has 3 amide bonds. The minimum atomic E-state index is -1.08. The van der Waals surface area contributed by atoms with Crippen LogP contribution in [0.4, 0.5) is 10.6 Å². The van der Waals surface area contributed by atoms with Crippen molar-refractivity contribution in [1.29, 1.82) is 0 Å². The van der Waals surface area contributed by atoms with Gasteiger partial charge in [0.25, 0.3) is 11.8 Å². The van der Waals surface area contributed by atoms with Crippen LogP contribution < -0.4 is 16.9 Å². The summed E-state index contributed by atoms with van der Waals surface area (Å²) in [5.74, 6) is 5.70. The molecule has 34 heavy (non-hydrogen) atoms. The smallest absolute Gasteiger partial charge is 0.407 e. The van der Waals surface area contributed by atoms with Gasteiger partial charge in [0.2, 0.25) is 0 Å². The Morgan fingerprint density at radius 1 is 1.21 bits per heavy atom. The summed E-state index contributed by atoms with van der Waals surface area (Å²) < 4.78 is 1.07. The Hall–Kier alpha value is -4.41. The molecule has 3 heterocycles. The van der Waals surface area contributed by atoms with Crippen molar-refractivity contribution in [3.8, 4) is 11.3 Å². The number of benzene rings is 1. The van der Waals surface area contributed by atoms with E-state index in [4.69, 9.17) is 11.6 Å². The summed E-state index contributed by atoms with van der Waals surface area (Å²) in [6.07, 6.45) is 2.57. The van der Waals surface area contributed by atoms with Gasteiger partial charge in [-0.25, -0.2) is 19.4 Å². The summed E-state index contributed by atoms with van der Waals surface area (Å²) in [6, 6.07) is 9.56. The molecule has 0 radical (unpaired) electrons. The molecule has 1 saturated heterocycles. The van der Waals surface area contributed by atoms with Gasteiger partial charge >= 0.3 is 6.09 Å². The quantitative estimate of drug-likeness (QED) is 0.407. The number of rotatable bonds is 6. The molecule has 1 atom stereocenters. The maximum absolute atomic E-state index is 12.6. The van der Waals surface area contributed by atoms with E-state index in [9.17, 15) is 19.5 Å². The van der Waals surface area contributed by atoms with Gasteiger partial charge in [-0.3, -0.25) is 14.5 Å². The third-order valence-corrected chi connectivity index (χ3v) is 5.86. The first-order valence-electron chi connectivity index (χ1n) is 10.8. The van der Waals surface area contributed by atoms with Gasteiger partial charge in [0, 0.05) is 23.9 Å². The topological polar surface area (TPSA) is 169 Å². The van der Waals surface area contributed by atoms with Crippen molar-refractivity contribution in [1.82, 2.24) is 19.5 Å². The zero-order valence-electron chi connectivity index (χ0n) is 18.6. The number of aromatic nitrogens is 3. The first-order valence-corrected chi connectivity index (χ1v) is 10.8. The van der Waals surface area contributed by atoms with E-state index >= 15 is 0 Å². The highest BCUT2D eigenvalue weighted by atomic mass is 16.4. The fourth-order valence-corrected chi connectivity index (χ4v) is 4.12. The molecular formula is C23H25N7O4. The molecule has 0 unspecified atom stereocenters. The second kappa shape index (κ2) is 9.22. The number of carbonyl (C=O) groups is 3. The second-order valence-corrected chi connectivity index (χ2v) is 7.97. The summed E-state index contributed by atoms with van der Waals surface area (Å²) in [5, 5.41) is 12.2. The molecule has 11 nitrogen and oxygen atoms in total. The number of hydrogen-bond acceptors (Lipinski definition) is 6. The maximum atomic E-state index is 12.6. The van der Waals surface area contributed by atoms with Gasteiger partial charge in [-0.1, -0.05) is 19.1 Å². The maximum Gasteiger partial charge on any atom is 0.407 e. The van der Waals surface area contributed by atoms with Crippen LogP contribution in [0.15, 0.2) is 42.6 Å². The van der Waals surface area contributed by atoms with E-state index in [1.807, 2.05) is 19.1 Å². The monoisotopic (exact) mass is 463 g/mol. The molecule has 1 aromatic carbocycles. The molecule has 2 aromatic heterocycles. The lowest BCUT2D eigenvalue weighted by Crippen LogP contribution is -2.32. The molecule has 11 heteroatoms. The Morgan fingerprint density at radius 2 is 1.94 bits per heavy atom. The number of nitrogen functional groups attached to an aromatic ring is 1. The van der Waals surface area contributed by atoms with Crippen molar-refractivity contribution < 1.29 is 19.5 Å². The van der Waals surface area contributed by atoms with Crippen LogP contribution in [0.3, 0.4) is 0 Å². The summed E-state index contributed by atoms with van der Waals surface area (Å²) in [4.78, 5) is 46.3. The van der Waals surface area contributed by atoms with Crippen LogP contribution in [0.5, 0.6) is 0 Å². The van der Waals surface area contributed by atoms with Crippen LogP contribution >= 0.6 is 0 Å². The largest absolute Gasteiger partial charge is 0.465 e. The average molecular weight is 463 g/mol. The van der Waals surface area contributed by atoms with E-state index in [0.29, 0.717) is 36.3 Å². The van der Waals surface area contributed by atoms with Crippen LogP contribution in [0, 0.1) is 0 Å². The van der Waals surface area contributed by atoms with Crippen LogP contribution in [0.1, 0.15) is 58.0 Å². The van der Waals surface area contributed by atoms with E-state index in [1.165, 1.54) is 4.90 Å². The third kappa shape index (κ3) is 4.27. The van der Waals surface area contributed by atoms with Gasteiger partial charge in [0.15, 0.2) is 11.5 Å². The number of aryl methyl sites for hydroxylation is 1. The SMILES string of the molecule is CCc1ccnc(NC(=O)c2ccc(-c3nc([C@@H]4CCCN4C(=O)O)n(N)c3C(N)=O)cc2)c1. The number of imidazole rings is 1. The average Bonchev–Trinajstić information content (AvgIpc) is 3.44. The van der Waals surface area contributed by atoms with Crippen molar-refractivity contribution in [2.75, 3.05) is 17.7 Å². The first kappa shape index (κ1) is 22.8. The van der Waals surface area contributed by atoms with E-state index in [0.717, 1.165) is 16.7 Å². The van der Waals surface area contributed by atoms with E-state index in [2.05, 4.69) is 15.3 Å². The minimum absolute atomic E-state index is 0.0370. The van der Waals surface area contributed by atoms with Gasteiger partial charge < -0.3 is 22.0 Å². The van der Waals surface area contributed by atoms with Crippen LogP contribution in [-0.2, 0) is 6.42 Å². The van der Waals surface area contributed by atoms with E-state index in [-0.39, 0.29) is 23.1 Å². The standard InChI is InChI=1S/C23H25N7O4/c1-2-13-9-10-26-17(12-13)27-22(32)15-7-5-14(6-8-15)18-19(20(24)31)30(25)21(28-18)16-4-3-11-29(16)23(33)34/h5-10,12,16H,2-4,11,25H2,1H3,(H2,24,31)(H,33,34)(H,26,27,32)/t16-/m0/s1. The molecule has 3 aromatic rings. The number of hydrogen-bond donors (Lipinski definition) is 4. The lowest BCUT2D eigenvalue weighted by molar-refractivity contribution is 0.0991. The van der Waals surface area contributed by atoms with E-state index in [1.54, 1.807) is 30.5 Å². The van der Waals surface area contributed by atoms with Crippen LogP contribution in [0.25, 0.3) is 11.3 Å². The fraction of sp³-hybridized carbons (Fsp3) is 0.261. The van der Waals surface area contributed by atoms with Crippen LogP contribution in [-0.4, -0.2) is 49.1 Å². The number of primary amides is 1. The highest BCUT2D eigenvalue weighted by Gasteiger charge is 2.35. The normalized spacial score (nSPS) is 15.3. The fourth-order valence-electron chi connectivity index (χ4n) is 4.12. The zero-order valence-corrected chi connectivity index (χ0v) is 18.6. The Kier molecular flexibility index (Phi) is 6.17. The van der Waals surface area contributed by atoms with Crippen molar-refractivity contribution in [2.45, 2.75) is 32.2 Å². The molecule has 0 bridgehead atoms. The van der Waals surface area contributed by atoms with Gasteiger partial charge in [-0.15, -0.1) is 0 Å². The van der Waals surface area contributed by atoms with Crippen molar-refractivity contribution in [2.24, 2.45) is 5.73 Å². The van der Waals surface area contributed by atoms with E-state index < -0.39 is 18.0 Å². The zero-order chi connectivity index (χ0) is 24.4. The molecule has 1 aliphatic rings. The molecular weight excluding hydrogens is 438 g/mol. The predicted octanol–water partition coefficient (Wildman–Crippen LogP) is 2.39. The summed E-state index contributed by atoms with van der Waals surface area (Å²) >= 11 is 0. The summed E-state index contributed by atoms with van der Waals surface area (Å²) in [6.45, 7) is 2.37. The number of nitrogens with zero attached hydrogens (tertiary/aromatic N) is 4. The Labute approximate surface area is 195 Å². The Bertz CT molecular complexity index is 1250. The molecule has 4 rings (SSSR count). The van der Waals surface area contributed by atoms with Gasteiger partial charge in [-0.2, -0.15) is 0 Å². The summed E-state index contributed by atoms with van der Waals surface area (Å²) in [7, 11) is 0. The number of carboxylic acid groups (broad SMARTS) is 1. The number of anilines is 1. The summed E-state index contributed by atoms with van der Waals surface area (Å²) in [5.41, 5.74) is 7.71. The molecule has 0 spiro atoms. The molecule has 1 aliphatic heterocycles.